The summed E-state index contributed by atoms with van der Waals surface area (Å²) in [7, 11) is 0. The summed E-state index contributed by atoms with van der Waals surface area (Å²) < 4.78 is 41.9. The fraction of sp³-hybridized carbons (Fsp3) is 0.310. The van der Waals surface area contributed by atoms with Gasteiger partial charge in [-0.2, -0.15) is 0 Å². The summed E-state index contributed by atoms with van der Waals surface area (Å²) in [5.74, 6) is -0.509. The molecule has 0 aliphatic carbocycles. The number of nitrogens with one attached hydrogen (secondary N) is 2. The highest BCUT2D eigenvalue weighted by atomic mass is 19.4. The molecule has 10 heteroatoms. The number of hydrogen-bond donors (Lipinski definition) is 2. The molecule has 2 heterocycles. The third kappa shape index (κ3) is 6.45. The first-order chi connectivity index (χ1) is 18.7. The van der Waals surface area contributed by atoms with Gasteiger partial charge in [0.15, 0.2) is 0 Å². The zero-order valence-electron chi connectivity index (χ0n) is 21.2. The molecule has 0 radical (unpaired) electrons. The highest BCUT2D eigenvalue weighted by Crippen LogP contribution is 2.45. The van der Waals surface area contributed by atoms with Crippen LogP contribution in [0.15, 0.2) is 84.9 Å². The van der Waals surface area contributed by atoms with E-state index in [4.69, 9.17) is 0 Å². The minimum atomic E-state index is -4.80. The van der Waals surface area contributed by atoms with Gasteiger partial charge in [0.2, 0.25) is 5.91 Å². The molecule has 2 fully saturated rings. The average Bonchev–Trinajstić information content (AvgIpc) is 3.27. The lowest BCUT2D eigenvalue weighted by Gasteiger charge is -2.52. The molecule has 1 unspecified atom stereocenters. The normalized spacial score (nSPS) is 18.0. The van der Waals surface area contributed by atoms with Gasteiger partial charge in [0.05, 0.1) is 6.42 Å². The Labute approximate surface area is 224 Å². The molecule has 39 heavy (non-hydrogen) atoms. The second kappa shape index (κ2) is 10.9. The molecule has 2 aliphatic heterocycles. The van der Waals surface area contributed by atoms with Crippen LogP contribution in [0.5, 0.6) is 5.75 Å². The Bertz CT molecular complexity index is 1300. The predicted molar refractivity (Wildman–Crippen MR) is 141 cm³/mol. The minimum Gasteiger partial charge on any atom is -0.406 e. The topological polar surface area (TPSA) is 73.9 Å². The van der Waals surface area contributed by atoms with Crippen LogP contribution in [0.3, 0.4) is 0 Å². The molecular weight excluding hydrogens is 509 g/mol. The molecule has 204 valence electrons. The summed E-state index contributed by atoms with van der Waals surface area (Å²) in [5.41, 5.74) is 2.03. The van der Waals surface area contributed by atoms with Gasteiger partial charge in [-0.15, -0.1) is 13.2 Å². The number of carbonyl (C=O) groups excluding carboxylic acids is 2. The van der Waals surface area contributed by atoms with E-state index in [1.54, 1.807) is 23.1 Å². The molecular formula is C29H29F3N4O3. The number of urea groups is 1. The third-order valence-corrected chi connectivity index (χ3v) is 7.33. The van der Waals surface area contributed by atoms with Crippen LogP contribution in [0.2, 0.25) is 0 Å². The van der Waals surface area contributed by atoms with Crippen molar-refractivity contribution in [3.63, 3.8) is 0 Å². The zero-order valence-corrected chi connectivity index (χ0v) is 21.2. The first-order valence-corrected chi connectivity index (χ1v) is 12.7. The van der Waals surface area contributed by atoms with Gasteiger partial charge in [-0.05, 0) is 42.0 Å². The number of rotatable bonds is 7. The fourth-order valence-electron chi connectivity index (χ4n) is 5.45. The van der Waals surface area contributed by atoms with Crippen molar-refractivity contribution in [2.45, 2.75) is 12.8 Å². The van der Waals surface area contributed by atoms with Crippen LogP contribution in [0.1, 0.15) is 5.56 Å². The number of para-hydroxylation sites is 2. The van der Waals surface area contributed by atoms with E-state index >= 15 is 0 Å². The van der Waals surface area contributed by atoms with Crippen LogP contribution >= 0.6 is 0 Å². The lowest BCUT2D eigenvalue weighted by molar-refractivity contribution is -0.274. The molecule has 3 aromatic carbocycles. The molecule has 3 aromatic rings. The van der Waals surface area contributed by atoms with Crippen LogP contribution in [-0.4, -0.2) is 55.9 Å². The Kier molecular flexibility index (Phi) is 7.36. The molecule has 1 spiro atoms. The highest BCUT2D eigenvalue weighted by Gasteiger charge is 2.55. The van der Waals surface area contributed by atoms with E-state index in [1.165, 1.54) is 18.2 Å². The number of benzene rings is 3. The number of anilines is 2. The van der Waals surface area contributed by atoms with Gasteiger partial charge in [0.25, 0.3) is 0 Å². The molecule has 0 bridgehead atoms. The zero-order chi connectivity index (χ0) is 27.5. The summed E-state index contributed by atoms with van der Waals surface area (Å²) in [6, 6.07) is 24.3. The third-order valence-electron chi connectivity index (χ3n) is 7.33. The second-order valence-electron chi connectivity index (χ2n) is 10.1. The number of likely N-dealkylation sites (tertiary alicyclic amines) is 1. The van der Waals surface area contributed by atoms with Gasteiger partial charge in [-0.25, -0.2) is 4.79 Å². The van der Waals surface area contributed by atoms with Crippen LogP contribution in [0, 0.1) is 11.3 Å². The smallest absolute Gasteiger partial charge is 0.406 e. The molecule has 2 N–H and O–H groups in total. The first kappa shape index (κ1) is 26.4. The van der Waals surface area contributed by atoms with E-state index in [2.05, 4.69) is 20.3 Å². The lowest BCUT2D eigenvalue weighted by atomic mass is 9.71. The summed E-state index contributed by atoms with van der Waals surface area (Å²) >= 11 is 0. The Morgan fingerprint density at radius 1 is 0.923 bits per heavy atom. The van der Waals surface area contributed by atoms with Gasteiger partial charge in [-0.1, -0.05) is 48.5 Å². The molecule has 0 saturated carbocycles. The van der Waals surface area contributed by atoms with Gasteiger partial charge in [0, 0.05) is 55.4 Å². The number of hydrogen-bond acceptors (Lipinski definition) is 4. The molecule has 7 nitrogen and oxygen atoms in total. The monoisotopic (exact) mass is 538 g/mol. The quantitative estimate of drug-likeness (QED) is 0.448. The maximum atomic E-state index is 13.3. The van der Waals surface area contributed by atoms with Crippen molar-refractivity contribution in [3.8, 4) is 5.75 Å². The molecule has 5 rings (SSSR count). The van der Waals surface area contributed by atoms with Crippen molar-refractivity contribution >= 4 is 23.3 Å². The van der Waals surface area contributed by atoms with Crippen molar-refractivity contribution < 1.29 is 27.5 Å². The van der Waals surface area contributed by atoms with E-state index in [1.807, 2.05) is 48.5 Å². The fourth-order valence-corrected chi connectivity index (χ4v) is 5.45. The summed E-state index contributed by atoms with van der Waals surface area (Å²) in [5, 5.41) is 5.78. The molecule has 0 aromatic heterocycles. The molecule has 2 saturated heterocycles. The maximum absolute atomic E-state index is 13.3. The van der Waals surface area contributed by atoms with Gasteiger partial charge in [-0.3, -0.25) is 4.79 Å². The van der Waals surface area contributed by atoms with Crippen LogP contribution in [-0.2, 0) is 11.2 Å². The summed E-state index contributed by atoms with van der Waals surface area (Å²) in [6.07, 6.45) is -4.84. The summed E-state index contributed by atoms with van der Waals surface area (Å²) in [6.45, 7) is 2.83. The van der Waals surface area contributed by atoms with E-state index in [0.717, 1.165) is 18.8 Å². The van der Waals surface area contributed by atoms with E-state index in [-0.39, 0.29) is 35.4 Å². The van der Waals surface area contributed by atoms with Gasteiger partial charge < -0.3 is 25.2 Å². The van der Waals surface area contributed by atoms with Gasteiger partial charge in [0.1, 0.15) is 5.75 Å². The maximum Gasteiger partial charge on any atom is 0.573 e. The van der Waals surface area contributed by atoms with Crippen molar-refractivity contribution in [1.29, 1.82) is 0 Å². The van der Waals surface area contributed by atoms with Crippen LogP contribution in [0.4, 0.5) is 29.3 Å². The second-order valence-corrected chi connectivity index (χ2v) is 10.1. The van der Waals surface area contributed by atoms with Crippen LogP contribution < -0.4 is 20.3 Å². The number of carbonyl (C=O) groups is 2. The number of halogens is 3. The van der Waals surface area contributed by atoms with Crippen molar-refractivity contribution in [2.75, 3.05) is 42.9 Å². The molecule has 3 amide bonds. The number of amides is 3. The number of ether oxygens (including phenoxy) is 1. The van der Waals surface area contributed by atoms with Crippen molar-refractivity contribution in [3.05, 3.63) is 90.5 Å². The summed E-state index contributed by atoms with van der Waals surface area (Å²) in [4.78, 5) is 29.8. The minimum absolute atomic E-state index is 0.0165. The Morgan fingerprint density at radius 3 is 2.31 bits per heavy atom. The average molecular weight is 539 g/mol. The van der Waals surface area contributed by atoms with Crippen LogP contribution in [0.25, 0.3) is 0 Å². The van der Waals surface area contributed by atoms with E-state index in [0.29, 0.717) is 30.9 Å². The first-order valence-electron chi connectivity index (χ1n) is 12.7. The van der Waals surface area contributed by atoms with Crippen molar-refractivity contribution in [2.24, 2.45) is 11.3 Å². The SMILES string of the molecule is O=C(NCC1CN(C(=O)Cc2cccc(OC(F)(F)F)c2)CC12CN(c1ccccc1)C2)Nc1ccccc1. The molecule has 1 atom stereocenters. The Balaban J connectivity index is 1.25. The van der Waals surface area contributed by atoms with E-state index < -0.39 is 6.36 Å². The predicted octanol–water partition coefficient (Wildman–Crippen LogP) is 4.91. The Morgan fingerprint density at radius 2 is 1.62 bits per heavy atom. The number of alkyl halides is 3. The van der Waals surface area contributed by atoms with E-state index in [9.17, 15) is 22.8 Å². The standard InChI is InChI=1S/C29H29F3N4O3/c30-29(31,32)39-25-13-7-8-21(14-25)15-26(37)35-17-22(16-33-27(38)34-23-9-3-1-4-10-23)28(18-35)19-36(20-28)24-11-5-2-6-12-24/h1-14,22H,15-20H2,(H2,33,34,38). The molecule has 2 aliphatic rings. The highest BCUT2D eigenvalue weighted by molar-refractivity contribution is 5.89. The van der Waals surface area contributed by atoms with Gasteiger partial charge >= 0.3 is 12.4 Å². The lowest BCUT2D eigenvalue weighted by Crippen LogP contribution is -2.62. The van der Waals surface area contributed by atoms with Crippen molar-refractivity contribution in [1.82, 2.24) is 10.2 Å². The Hall–Kier alpha value is -4.21. The largest absolute Gasteiger partial charge is 0.573 e. The number of nitrogens with zero attached hydrogens (tertiary/aromatic N) is 2.